The Morgan fingerprint density at radius 2 is 1.61 bits per heavy atom. The number of hydrogen-bond acceptors (Lipinski definition) is 1. The fourth-order valence-corrected chi connectivity index (χ4v) is 7.12. The summed E-state index contributed by atoms with van der Waals surface area (Å²) in [6.45, 7) is 4.67. The summed E-state index contributed by atoms with van der Waals surface area (Å²) in [5.74, 6) is 1.89. The molecule has 3 heteroatoms. The zero-order valence-electron chi connectivity index (χ0n) is 17.6. The summed E-state index contributed by atoms with van der Waals surface area (Å²) < 4.78 is 2.81. The molecule has 1 aromatic carbocycles. The molecule has 4 atom stereocenters. The number of fused-ring (bicyclic) bond motifs is 4. The molecule has 1 saturated heterocycles. The monoisotopic (exact) mass is 397 g/mol. The van der Waals surface area contributed by atoms with Crippen molar-refractivity contribution in [2.45, 2.75) is 82.7 Å². The average Bonchev–Trinajstić information content (AvgIpc) is 3.10. The molecule has 4 aliphatic rings. The maximum absolute atomic E-state index is 6.33. The summed E-state index contributed by atoms with van der Waals surface area (Å²) in [7, 11) is 2.21. The number of anilines is 1. The van der Waals surface area contributed by atoms with E-state index in [1.807, 2.05) is 6.07 Å². The van der Waals surface area contributed by atoms with Crippen molar-refractivity contribution >= 4 is 23.5 Å². The van der Waals surface area contributed by atoms with Crippen LogP contribution >= 0.6 is 11.6 Å². The molecule has 0 aromatic heterocycles. The van der Waals surface area contributed by atoms with Crippen LogP contribution in [0.5, 0.6) is 0 Å². The van der Waals surface area contributed by atoms with Crippen molar-refractivity contribution in [1.82, 2.24) is 0 Å². The topological polar surface area (TPSA) is 6.25 Å². The van der Waals surface area contributed by atoms with Crippen molar-refractivity contribution in [1.29, 1.82) is 0 Å². The highest BCUT2D eigenvalue weighted by Crippen LogP contribution is 2.49. The molecule has 2 aliphatic carbocycles. The minimum Gasteiger partial charge on any atom is -0.347 e. The van der Waals surface area contributed by atoms with Gasteiger partial charge in [-0.05, 0) is 49.4 Å². The second-order valence-electron chi connectivity index (χ2n) is 10.0. The number of hydrogen-bond donors (Lipinski definition) is 0. The highest BCUT2D eigenvalue weighted by molar-refractivity contribution is 6.30. The smallest absolute Gasteiger partial charge is 0.165 e. The quantitative estimate of drug-likeness (QED) is 0.514. The van der Waals surface area contributed by atoms with Crippen molar-refractivity contribution in [3.63, 3.8) is 0 Å². The molecule has 2 heterocycles. The third-order valence-corrected chi connectivity index (χ3v) is 8.51. The number of rotatable bonds is 1. The van der Waals surface area contributed by atoms with Crippen LogP contribution in [0.1, 0.15) is 70.8 Å². The van der Waals surface area contributed by atoms with Gasteiger partial charge in [0.1, 0.15) is 0 Å². The van der Waals surface area contributed by atoms with Gasteiger partial charge in [-0.2, -0.15) is 0 Å². The lowest BCUT2D eigenvalue weighted by atomic mass is 9.73. The van der Waals surface area contributed by atoms with Crippen molar-refractivity contribution in [3.05, 3.63) is 40.6 Å². The summed E-state index contributed by atoms with van der Waals surface area (Å²) in [4.78, 5) is 2.37. The van der Waals surface area contributed by atoms with Crippen LogP contribution in [0.3, 0.4) is 0 Å². The Labute approximate surface area is 175 Å². The van der Waals surface area contributed by atoms with Gasteiger partial charge in [0.25, 0.3) is 0 Å². The van der Waals surface area contributed by atoms with E-state index in [0.29, 0.717) is 0 Å². The normalized spacial score (nSPS) is 34.9. The first-order chi connectivity index (χ1) is 13.5. The van der Waals surface area contributed by atoms with E-state index in [9.17, 15) is 0 Å². The largest absolute Gasteiger partial charge is 0.347 e. The van der Waals surface area contributed by atoms with Gasteiger partial charge in [-0.1, -0.05) is 38.3 Å². The standard InChI is InChI=1S/C25H34ClN2/c1-25(2)20-16-17(26)12-13-23(20)27(3)24(25)14-15-28-21-10-6-4-8-18(21)19-9-5-7-11-22(19)28/h12-16,18-19,21-22H,4-11H2,1-3H3/q+1. The average molecular weight is 398 g/mol. The number of allylic oxidation sites excluding steroid dienone is 2. The van der Waals surface area contributed by atoms with Crippen LogP contribution < -0.4 is 4.90 Å². The molecule has 28 heavy (non-hydrogen) atoms. The lowest BCUT2D eigenvalue weighted by Crippen LogP contribution is -2.32. The van der Waals surface area contributed by atoms with Crippen molar-refractivity contribution in [2.75, 3.05) is 11.9 Å². The van der Waals surface area contributed by atoms with Gasteiger partial charge in [0.05, 0.1) is 0 Å². The zero-order chi connectivity index (χ0) is 19.5. The number of likely N-dealkylation sites (N-methyl/N-ethyl adjacent to an activating group) is 1. The molecule has 4 unspecified atom stereocenters. The highest BCUT2D eigenvalue weighted by Gasteiger charge is 2.53. The third-order valence-electron chi connectivity index (χ3n) is 8.28. The predicted molar refractivity (Wildman–Crippen MR) is 119 cm³/mol. The predicted octanol–water partition coefficient (Wildman–Crippen LogP) is 6.17. The molecular formula is C25H34ClN2+. The molecule has 1 aromatic rings. The Morgan fingerprint density at radius 1 is 1.00 bits per heavy atom. The maximum Gasteiger partial charge on any atom is 0.165 e. The second kappa shape index (κ2) is 6.90. The first kappa shape index (κ1) is 18.7. The lowest BCUT2D eigenvalue weighted by Gasteiger charge is -2.26. The van der Waals surface area contributed by atoms with Gasteiger partial charge in [-0.25, -0.2) is 4.58 Å². The minimum absolute atomic E-state index is 0.0108. The molecule has 0 radical (unpaired) electrons. The van der Waals surface area contributed by atoms with E-state index in [2.05, 4.69) is 54.8 Å². The van der Waals surface area contributed by atoms with E-state index in [1.54, 1.807) is 0 Å². The Balaban J connectivity index is 1.53. The van der Waals surface area contributed by atoms with Crippen LogP contribution in [0.25, 0.3) is 0 Å². The van der Waals surface area contributed by atoms with Gasteiger partial charge in [0.2, 0.25) is 0 Å². The third kappa shape index (κ3) is 2.78. The molecule has 0 spiro atoms. The summed E-state index contributed by atoms with van der Waals surface area (Å²) in [5.41, 5.74) is 4.01. The van der Waals surface area contributed by atoms with Crippen LogP contribution in [0.4, 0.5) is 5.69 Å². The van der Waals surface area contributed by atoms with E-state index >= 15 is 0 Å². The van der Waals surface area contributed by atoms with Crippen molar-refractivity contribution in [2.24, 2.45) is 11.8 Å². The Bertz CT molecular complexity index is 813. The number of nitrogens with zero attached hydrogens (tertiary/aromatic N) is 2. The van der Waals surface area contributed by atoms with E-state index in [0.717, 1.165) is 28.9 Å². The van der Waals surface area contributed by atoms with Crippen LogP contribution in [0.2, 0.25) is 5.02 Å². The van der Waals surface area contributed by atoms with Crippen LogP contribution in [-0.4, -0.2) is 29.9 Å². The molecule has 0 N–H and O–H groups in total. The minimum atomic E-state index is -0.0108. The molecule has 0 bridgehead atoms. The summed E-state index contributed by atoms with van der Waals surface area (Å²) in [6, 6.07) is 7.90. The molecule has 0 amide bonds. The lowest BCUT2D eigenvalue weighted by molar-refractivity contribution is -0.583. The second-order valence-corrected chi connectivity index (χ2v) is 10.5. The number of halogens is 1. The van der Waals surface area contributed by atoms with Crippen LogP contribution in [0.15, 0.2) is 30.0 Å². The van der Waals surface area contributed by atoms with Gasteiger partial charge in [-0.3, -0.25) is 0 Å². The molecule has 2 nitrogen and oxygen atoms in total. The van der Waals surface area contributed by atoms with Gasteiger partial charge in [0, 0.05) is 59.6 Å². The highest BCUT2D eigenvalue weighted by atomic mass is 35.5. The van der Waals surface area contributed by atoms with Gasteiger partial charge in [-0.15, -0.1) is 0 Å². The van der Waals surface area contributed by atoms with Crippen LogP contribution in [-0.2, 0) is 5.41 Å². The molecule has 3 fully saturated rings. The first-order valence-corrected chi connectivity index (χ1v) is 11.7. The SMILES string of the molecule is CN1/C(=C/C=[N+]2C3CCCCC3C3CCCCC32)C(C)(C)c2cc(Cl)ccc21. The number of benzene rings is 1. The Morgan fingerprint density at radius 3 is 2.25 bits per heavy atom. The molecule has 2 aliphatic heterocycles. The molecule has 2 saturated carbocycles. The van der Waals surface area contributed by atoms with E-state index in [4.69, 9.17) is 11.6 Å². The van der Waals surface area contributed by atoms with E-state index in [1.165, 1.54) is 68.3 Å². The van der Waals surface area contributed by atoms with Crippen molar-refractivity contribution < 1.29 is 4.58 Å². The summed E-state index contributed by atoms with van der Waals surface area (Å²) in [5, 5.41) is 0.833. The van der Waals surface area contributed by atoms with Gasteiger partial charge in [0.15, 0.2) is 18.3 Å². The molecule has 150 valence electrons. The summed E-state index contributed by atoms with van der Waals surface area (Å²) in [6.07, 6.45) is 16.4. The molecular weight excluding hydrogens is 364 g/mol. The zero-order valence-corrected chi connectivity index (χ0v) is 18.4. The fourth-order valence-electron chi connectivity index (χ4n) is 6.95. The summed E-state index contributed by atoms with van der Waals surface area (Å²) >= 11 is 6.33. The van der Waals surface area contributed by atoms with E-state index in [-0.39, 0.29) is 5.41 Å². The van der Waals surface area contributed by atoms with Crippen molar-refractivity contribution in [3.8, 4) is 0 Å². The Kier molecular flexibility index (Phi) is 4.62. The fraction of sp³-hybridized carbons (Fsp3) is 0.640. The molecule has 5 rings (SSSR count). The Hall–Kier alpha value is -1.28. The van der Waals surface area contributed by atoms with Gasteiger partial charge < -0.3 is 4.90 Å². The van der Waals surface area contributed by atoms with Crippen LogP contribution in [0, 0.1) is 11.8 Å². The van der Waals surface area contributed by atoms with E-state index < -0.39 is 0 Å². The maximum atomic E-state index is 6.33. The van der Waals surface area contributed by atoms with Gasteiger partial charge >= 0.3 is 0 Å². The first-order valence-electron chi connectivity index (χ1n) is 11.4.